The number of hydrogen-bond acceptors (Lipinski definition) is 3. The number of allylic oxidation sites excluding steroid dienone is 4. The van der Waals surface area contributed by atoms with E-state index in [9.17, 15) is 9.90 Å². The van der Waals surface area contributed by atoms with Gasteiger partial charge in [-0.3, -0.25) is 0 Å². The molecule has 2 aliphatic rings. The van der Waals surface area contributed by atoms with E-state index in [0.717, 1.165) is 25.7 Å². The zero-order valence-corrected chi connectivity index (χ0v) is 24.9. The first-order valence-electron chi connectivity index (χ1n) is 10.1. The SMILES string of the molecule is CC(C)(C)[Si]1(C(C)(C)C)C2=CC(=O)C=CC2=Nc2ccc(O)c(-c3[se]c(Br)cc3I)c21. The molecule has 1 aromatic carbocycles. The number of nitrogens with zero attached hydrogens (tertiary/aromatic N) is 1. The zero-order valence-electron chi connectivity index (χ0n) is 18.4. The molecule has 0 unspecified atom stereocenters. The number of benzene rings is 1. The summed E-state index contributed by atoms with van der Waals surface area (Å²) in [6, 6.07) is 5.89. The van der Waals surface area contributed by atoms with Gasteiger partial charge in [0.15, 0.2) is 0 Å². The molecule has 0 amide bonds. The Morgan fingerprint density at radius 2 is 1.74 bits per heavy atom. The van der Waals surface area contributed by atoms with Crippen molar-refractivity contribution in [2.75, 3.05) is 0 Å². The van der Waals surface area contributed by atoms with Gasteiger partial charge >= 0.3 is 214 Å². The van der Waals surface area contributed by atoms with E-state index in [0.29, 0.717) is 5.75 Å². The molecule has 7 heteroatoms. The minimum atomic E-state index is -2.67. The van der Waals surface area contributed by atoms with Crippen LogP contribution in [0.5, 0.6) is 5.75 Å². The van der Waals surface area contributed by atoms with Gasteiger partial charge in [-0.05, 0) is 0 Å². The Labute approximate surface area is 212 Å². The van der Waals surface area contributed by atoms with E-state index in [-0.39, 0.29) is 30.4 Å². The Bertz CT molecular complexity index is 1200. The van der Waals surface area contributed by atoms with E-state index in [1.165, 1.54) is 13.0 Å². The number of rotatable bonds is 1. The number of phenols is 1. The van der Waals surface area contributed by atoms with Gasteiger partial charge in [-0.1, -0.05) is 0 Å². The first-order chi connectivity index (χ1) is 14.3. The molecule has 1 aliphatic carbocycles. The molecular weight excluding hydrogens is 648 g/mol. The maximum absolute atomic E-state index is 12.6. The summed E-state index contributed by atoms with van der Waals surface area (Å²) in [6.07, 6.45) is 5.32. The summed E-state index contributed by atoms with van der Waals surface area (Å²) >= 11 is 6.15. The van der Waals surface area contributed by atoms with E-state index < -0.39 is 8.07 Å². The number of fused-ring (bicyclic) bond motifs is 2. The number of halogens is 2. The van der Waals surface area contributed by atoms with Gasteiger partial charge in [0.05, 0.1) is 0 Å². The first-order valence-corrected chi connectivity index (χ1v) is 15.7. The third kappa shape index (κ3) is 3.46. The summed E-state index contributed by atoms with van der Waals surface area (Å²) in [5.41, 5.74) is 2.78. The molecule has 0 saturated heterocycles. The maximum atomic E-state index is 12.6. The molecule has 0 fully saturated rings. The monoisotopic (exact) mass is 673 g/mol. The third-order valence-electron chi connectivity index (χ3n) is 6.28. The van der Waals surface area contributed by atoms with Crippen LogP contribution in [-0.2, 0) is 4.79 Å². The van der Waals surface area contributed by atoms with Crippen LogP contribution in [0.3, 0.4) is 0 Å². The van der Waals surface area contributed by atoms with Crippen molar-refractivity contribution in [1.29, 1.82) is 0 Å². The number of ketones is 1. The number of hydrogen-bond donors (Lipinski definition) is 1. The average Bonchev–Trinajstić information content (AvgIpc) is 2.95. The van der Waals surface area contributed by atoms with Crippen LogP contribution in [0.15, 0.2) is 50.0 Å². The Hall–Kier alpha value is -0.734. The topological polar surface area (TPSA) is 49.7 Å². The minimum absolute atomic E-state index is 0.0211. The standard InChI is InChI=1S/C24H25BrINO2SeSi/c1-23(2,3)31(24(4,5)6)18-11-13(28)7-8-15(18)27-16-9-10-17(29)20(22(16)31)21-14(26)12-19(25)30-21/h7-12,29H,1-6H3. The third-order valence-corrected chi connectivity index (χ3v) is 18.0. The molecule has 0 radical (unpaired) electrons. The molecule has 1 N–H and O–H groups in total. The predicted molar refractivity (Wildman–Crippen MR) is 145 cm³/mol. The van der Waals surface area contributed by atoms with E-state index in [1.54, 1.807) is 12.1 Å². The fraction of sp³-hybridized carbons (Fsp3) is 0.333. The fourth-order valence-corrected chi connectivity index (χ4v) is 18.4. The molecule has 2 heterocycles. The molecule has 2 aromatic rings. The second-order valence-corrected chi connectivity index (χ2v) is 21.1. The van der Waals surface area contributed by atoms with Gasteiger partial charge in [-0.25, -0.2) is 0 Å². The van der Waals surface area contributed by atoms with E-state index in [4.69, 9.17) is 4.99 Å². The van der Waals surface area contributed by atoms with Crippen molar-refractivity contribution < 1.29 is 9.90 Å². The summed E-state index contributed by atoms with van der Waals surface area (Å²) in [7, 11) is -2.67. The van der Waals surface area contributed by atoms with Crippen molar-refractivity contribution >= 4 is 83.5 Å². The van der Waals surface area contributed by atoms with Gasteiger partial charge in [0.1, 0.15) is 0 Å². The van der Waals surface area contributed by atoms with E-state index >= 15 is 0 Å². The number of aromatic hydroxyl groups is 1. The van der Waals surface area contributed by atoms with Gasteiger partial charge in [0.2, 0.25) is 0 Å². The van der Waals surface area contributed by atoms with Gasteiger partial charge in [-0.2, -0.15) is 0 Å². The number of phenolic OH excluding ortho intramolecular Hbond substituents is 1. The molecule has 1 aliphatic heterocycles. The van der Waals surface area contributed by atoms with E-state index in [2.05, 4.69) is 86.1 Å². The molecule has 162 valence electrons. The molecule has 3 nitrogen and oxygen atoms in total. The Morgan fingerprint density at radius 3 is 2.29 bits per heavy atom. The summed E-state index contributed by atoms with van der Waals surface area (Å²) in [4.78, 5) is 17.6. The van der Waals surface area contributed by atoms with E-state index in [1.807, 2.05) is 18.2 Å². The fourth-order valence-electron chi connectivity index (χ4n) is 5.66. The zero-order chi connectivity index (χ0) is 22.9. The van der Waals surface area contributed by atoms with Crippen LogP contribution < -0.4 is 5.19 Å². The predicted octanol–water partition coefficient (Wildman–Crippen LogP) is 6.43. The van der Waals surface area contributed by atoms with Gasteiger partial charge in [0.25, 0.3) is 0 Å². The Balaban J connectivity index is 2.27. The van der Waals surface area contributed by atoms with Gasteiger partial charge < -0.3 is 0 Å². The second-order valence-electron chi connectivity index (χ2n) is 10.1. The van der Waals surface area contributed by atoms with Crippen molar-refractivity contribution in [3.05, 3.63) is 48.5 Å². The normalized spacial score (nSPS) is 17.7. The Morgan fingerprint density at radius 1 is 1.10 bits per heavy atom. The van der Waals surface area contributed by atoms with Crippen LogP contribution in [-0.4, -0.2) is 39.2 Å². The molecule has 4 rings (SSSR count). The van der Waals surface area contributed by atoms with Crippen LogP contribution in [0.25, 0.3) is 10.0 Å². The van der Waals surface area contributed by atoms with Crippen LogP contribution in [0, 0.1) is 3.57 Å². The molecule has 0 bridgehead atoms. The molecule has 0 saturated carbocycles. The van der Waals surface area contributed by atoms with Crippen LogP contribution in [0.4, 0.5) is 5.69 Å². The quantitative estimate of drug-likeness (QED) is 0.216. The average molecular weight is 673 g/mol. The van der Waals surface area contributed by atoms with Crippen molar-refractivity contribution in [1.82, 2.24) is 0 Å². The van der Waals surface area contributed by atoms with Gasteiger partial charge in [-0.15, -0.1) is 0 Å². The van der Waals surface area contributed by atoms with Crippen molar-refractivity contribution in [3.8, 4) is 15.8 Å². The molecular formula is C24H25BrINO2SeSi. The Kier molecular flexibility index (Phi) is 5.79. The second kappa shape index (κ2) is 7.66. The number of carbonyl (C=O) groups is 1. The number of aliphatic imine (C=N–C) groups is 1. The van der Waals surface area contributed by atoms with Crippen LogP contribution in [0.1, 0.15) is 41.5 Å². The van der Waals surface area contributed by atoms with Gasteiger partial charge in [0, 0.05) is 0 Å². The van der Waals surface area contributed by atoms with Crippen molar-refractivity contribution in [3.63, 3.8) is 0 Å². The molecule has 31 heavy (non-hydrogen) atoms. The molecule has 1 aromatic heterocycles. The van der Waals surface area contributed by atoms with Crippen molar-refractivity contribution in [2.45, 2.75) is 51.6 Å². The molecule has 0 atom stereocenters. The summed E-state index contributed by atoms with van der Waals surface area (Å²) in [5, 5.41) is 13.3. The van der Waals surface area contributed by atoms with Crippen LogP contribution >= 0.6 is 38.5 Å². The summed E-state index contributed by atoms with van der Waals surface area (Å²) in [6.45, 7) is 13.8. The number of carbonyl (C=O) groups excluding carboxylic acids is 1. The summed E-state index contributed by atoms with van der Waals surface area (Å²) < 4.78 is 3.52. The first kappa shape index (κ1) is 23.4. The summed E-state index contributed by atoms with van der Waals surface area (Å²) in [5.74, 6) is 0.329. The van der Waals surface area contributed by atoms with Crippen molar-refractivity contribution in [2.24, 2.45) is 4.99 Å². The molecule has 0 spiro atoms. The van der Waals surface area contributed by atoms with Crippen LogP contribution in [0.2, 0.25) is 10.1 Å².